The predicted octanol–water partition coefficient (Wildman–Crippen LogP) is 1.77. The number of esters is 1. The lowest BCUT2D eigenvalue weighted by Crippen LogP contribution is -2.34. The van der Waals surface area contributed by atoms with E-state index in [-0.39, 0.29) is 6.42 Å². The molecule has 19 heavy (non-hydrogen) atoms. The number of pyridine rings is 1. The average Bonchev–Trinajstić information content (AvgIpc) is 2.93. The third-order valence-corrected chi connectivity index (χ3v) is 3.13. The molecule has 0 aliphatic carbocycles. The molecule has 0 radical (unpaired) electrons. The highest BCUT2D eigenvalue weighted by Crippen LogP contribution is 2.27. The maximum absolute atomic E-state index is 11.4. The lowest BCUT2D eigenvalue weighted by Gasteiger charge is -2.13. The van der Waals surface area contributed by atoms with Gasteiger partial charge >= 0.3 is 5.97 Å². The first kappa shape index (κ1) is 13.6. The van der Waals surface area contributed by atoms with Crippen molar-refractivity contribution in [1.82, 2.24) is 9.97 Å². The van der Waals surface area contributed by atoms with Gasteiger partial charge in [0, 0.05) is 29.4 Å². The standard InChI is InChI=1S/C13H14ClN3O2/c1-19-13(18)10(15)7-8-9(14)4-6-17-12(8)11-3-2-5-16-11/h2-6,10,16H,7,15H2,1H3. The highest BCUT2D eigenvalue weighted by molar-refractivity contribution is 6.31. The Morgan fingerprint density at radius 1 is 1.58 bits per heavy atom. The van der Waals surface area contributed by atoms with Gasteiger partial charge in [0.1, 0.15) is 6.04 Å². The highest BCUT2D eigenvalue weighted by atomic mass is 35.5. The molecule has 2 rings (SSSR count). The molecule has 2 heterocycles. The van der Waals surface area contributed by atoms with Gasteiger partial charge in [0.25, 0.3) is 0 Å². The predicted molar refractivity (Wildman–Crippen MR) is 72.7 cm³/mol. The number of H-pyrrole nitrogens is 1. The Kier molecular flexibility index (Phi) is 4.19. The van der Waals surface area contributed by atoms with E-state index in [1.54, 1.807) is 18.5 Å². The Morgan fingerprint density at radius 3 is 3.00 bits per heavy atom. The summed E-state index contributed by atoms with van der Waals surface area (Å²) >= 11 is 6.18. The molecule has 2 aromatic heterocycles. The van der Waals surface area contributed by atoms with Gasteiger partial charge in [-0.25, -0.2) is 0 Å². The average molecular weight is 280 g/mol. The smallest absolute Gasteiger partial charge is 0.322 e. The SMILES string of the molecule is COC(=O)C(N)Cc1c(Cl)ccnc1-c1ccc[nH]1. The van der Waals surface area contributed by atoms with Crippen LogP contribution in [0.2, 0.25) is 5.02 Å². The van der Waals surface area contributed by atoms with Crippen LogP contribution in [0.15, 0.2) is 30.6 Å². The van der Waals surface area contributed by atoms with Crippen molar-refractivity contribution in [2.45, 2.75) is 12.5 Å². The zero-order valence-electron chi connectivity index (χ0n) is 10.4. The van der Waals surface area contributed by atoms with Crippen LogP contribution in [0.4, 0.5) is 0 Å². The largest absolute Gasteiger partial charge is 0.468 e. The molecule has 1 unspecified atom stereocenters. The molecule has 0 aliphatic heterocycles. The number of aromatic amines is 1. The second kappa shape index (κ2) is 5.86. The summed E-state index contributed by atoms with van der Waals surface area (Å²) in [5.74, 6) is -0.475. The first-order valence-corrected chi connectivity index (χ1v) is 6.12. The van der Waals surface area contributed by atoms with E-state index in [0.717, 1.165) is 11.3 Å². The Morgan fingerprint density at radius 2 is 2.37 bits per heavy atom. The lowest BCUT2D eigenvalue weighted by atomic mass is 10.0. The third-order valence-electron chi connectivity index (χ3n) is 2.78. The zero-order valence-corrected chi connectivity index (χ0v) is 11.1. The van der Waals surface area contributed by atoms with Crippen LogP contribution in [0.5, 0.6) is 0 Å². The van der Waals surface area contributed by atoms with Crippen molar-refractivity contribution in [3.63, 3.8) is 0 Å². The topological polar surface area (TPSA) is 81.0 Å². The van der Waals surface area contributed by atoms with Crippen LogP contribution in [0.25, 0.3) is 11.4 Å². The summed E-state index contributed by atoms with van der Waals surface area (Å²) < 4.78 is 4.62. The summed E-state index contributed by atoms with van der Waals surface area (Å²) in [4.78, 5) is 18.8. The van der Waals surface area contributed by atoms with E-state index in [1.807, 2.05) is 12.1 Å². The van der Waals surface area contributed by atoms with Gasteiger partial charge in [0.15, 0.2) is 0 Å². The molecule has 2 aromatic rings. The number of nitrogens with two attached hydrogens (primary N) is 1. The van der Waals surface area contributed by atoms with Crippen molar-refractivity contribution in [3.8, 4) is 11.4 Å². The fraction of sp³-hybridized carbons (Fsp3) is 0.231. The number of ether oxygens (including phenoxy) is 1. The molecule has 1 atom stereocenters. The van der Waals surface area contributed by atoms with E-state index >= 15 is 0 Å². The summed E-state index contributed by atoms with van der Waals surface area (Å²) in [5.41, 5.74) is 8.03. The minimum absolute atomic E-state index is 0.272. The lowest BCUT2D eigenvalue weighted by molar-refractivity contribution is -0.142. The Labute approximate surface area is 115 Å². The zero-order chi connectivity index (χ0) is 13.8. The van der Waals surface area contributed by atoms with Crippen molar-refractivity contribution >= 4 is 17.6 Å². The number of carbonyl (C=O) groups excluding carboxylic acids is 1. The quantitative estimate of drug-likeness (QED) is 0.836. The monoisotopic (exact) mass is 279 g/mol. The molecule has 0 aliphatic rings. The van der Waals surface area contributed by atoms with Gasteiger partial charge in [-0.05, 0) is 18.2 Å². The minimum atomic E-state index is -0.764. The number of nitrogens with one attached hydrogen (secondary N) is 1. The third kappa shape index (κ3) is 2.94. The Hall–Kier alpha value is -1.85. The molecule has 0 aromatic carbocycles. The second-order valence-electron chi connectivity index (χ2n) is 4.04. The van der Waals surface area contributed by atoms with Gasteiger partial charge in [-0.15, -0.1) is 0 Å². The normalized spacial score (nSPS) is 12.2. The maximum atomic E-state index is 11.4. The number of hydrogen-bond donors (Lipinski definition) is 2. The van der Waals surface area contributed by atoms with Gasteiger partial charge in [-0.2, -0.15) is 0 Å². The van der Waals surface area contributed by atoms with E-state index in [1.165, 1.54) is 7.11 Å². The molecule has 0 bridgehead atoms. The van der Waals surface area contributed by atoms with E-state index in [4.69, 9.17) is 17.3 Å². The fourth-order valence-corrected chi connectivity index (χ4v) is 2.05. The molecule has 3 N–H and O–H groups in total. The van der Waals surface area contributed by atoms with Gasteiger partial charge in [0.2, 0.25) is 0 Å². The summed E-state index contributed by atoms with van der Waals surface area (Å²) in [6.45, 7) is 0. The molecule has 6 heteroatoms. The van der Waals surface area contributed by atoms with E-state index < -0.39 is 12.0 Å². The number of carbonyl (C=O) groups is 1. The van der Waals surface area contributed by atoms with Crippen LogP contribution in [0, 0.1) is 0 Å². The number of aromatic nitrogens is 2. The summed E-state index contributed by atoms with van der Waals surface area (Å²) in [6.07, 6.45) is 3.68. The number of methoxy groups -OCH3 is 1. The van der Waals surface area contributed by atoms with Crippen LogP contribution in [0.3, 0.4) is 0 Å². The van der Waals surface area contributed by atoms with Gasteiger partial charge in [0.05, 0.1) is 18.5 Å². The molecule has 100 valence electrons. The Balaban J connectivity index is 2.36. The Bertz CT molecular complexity index is 569. The van der Waals surface area contributed by atoms with Crippen molar-refractivity contribution in [3.05, 3.63) is 41.2 Å². The molecule has 0 spiro atoms. The van der Waals surface area contributed by atoms with Crippen molar-refractivity contribution in [2.24, 2.45) is 5.73 Å². The molecular formula is C13H14ClN3O2. The molecule has 5 nitrogen and oxygen atoms in total. The van der Waals surface area contributed by atoms with Gasteiger partial charge in [-0.3, -0.25) is 9.78 Å². The van der Waals surface area contributed by atoms with E-state index in [0.29, 0.717) is 10.7 Å². The first-order chi connectivity index (χ1) is 9.13. The van der Waals surface area contributed by atoms with Crippen molar-refractivity contribution in [2.75, 3.05) is 7.11 Å². The number of hydrogen-bond acceptors (Lipinski definition) is 4. The maximum Gasteiger partial charge on any atom is 0.322 e. The summed E-state index contributed by atoms with van der Waals surface area (Å²) in [5, 5.41) is 0.527. The van der Waals surface area contributed by atoms with Crippen molar-refractivity contribution in [1.29, 1.82) is 0 Å². The number of halogens is 1. The van der Waals surface area contributed by atoms with Gasteiger partial charge < -0.3 is 15.5 Å². The fourth-order valence-electron chi connectivity index (χ4n) is 1.83. The molecule has 0 saturated heterocycles. The number of rotatable bonds is 4. The van der Waals surface area contributed by atoms with E-state index in [9.17, 15) is 4.79 Å². The summed E-state index contributed by atoms with van der Waals surface area (Å²) in [6, 6.07) is 4.65. The van der Waals surface area contributed by atoms with Crippen molar-refractivity contribution < 1.29 is 9.53 Å². The van der Waals surface area contributed by atoms with Crippen LogP contribution in [-0.2, 0) is 16.0 Å². The molecular weight excluding hydrogens is 266 g/mol. The molecule has 0 saturated carbocycles. The van der Waals surface area contributed by atoms with Crippen LogP contribution >= 0.6 is 11.6 Å². The molecule has 0 amide bonds. The molecule has 0 fully saturated rings. The van der Waals surface area contributed by atoms with Crippen LogP contribution in [0.1, 0.15) is 5.56 Å². The summed E-state index contributed by atoms with van der Waals surface area (Å²) in [7, 11) is 1.30. The van der Waals surface area contributed by atoms with Crippen LogP contribution < -0.4 is 5.73 Å². The van der Waals surface area contributed by atoms with E-state index in [2.05, 4.69) is 14.7 Å². The minimum Gasteiger partial charge on any atom is -0.468 e. The van der Waals surface area contributed by atoms with Gasteiger partial charge in [-0.1, -0.05) is 11.6 Å². The first-order valence-electron chi connectivity index (χ1n) is 5.74. The number of nitrogens with zero attached hydrogens (tertiary/aromatic N) is 1. The second-order valence-corrected chi connectivity index (χ2v) is 4.44. The highest BCUT2D eigenvalue weighted by Gasteiger charge is 2.19. The van der Waals surface area contributed by atoms with Crippen LogP contribution in [-0.4, -0.2) is 29.1 Å².